The van der Waals surface area contributed by atoms with E-state index in [-0.39, 0.29) is 36.1 Å². The lowest BCUT2D eigenvalue weighted by Gasteiger charge is -2.29. The zero-order valence-corrected chi connectivity index (χ0v) is 19.5. The highest BCUT2D eigenvalue weighted by atomic mass is 32.2. The topological polar surface area (TPSA) is 143 Å². The first-order valence-corrected chi connectivity index (χ1v) is 12.6. The molecule has 4 N–H and O–H groups in total. The van der Waals surface area contributed by atoms with Gasteiger partial charge in [-0.1, -0.05) is 25.1 Å². The number of carboxylic acids is 1. The Kier molecular flexibility index (Phi) is 6.43. The molecule has 9 nitrogen and oxygen atoms in total. The second kappa shape index (κ2) is 9.30. The number of aromatic nitrogens is 1. The molecule has 1 aliphatic rings. The highest BCUT2D eigenvalue weighted by Crippen LogP contribution is 2.40. The molecule has 0 unspecified atom stereocenters. The van der Waals surface area contributed by atoms with Crippen molar-refractivity contribution in [3.63, 3.8) is 0 Å². The van der Waals surface area contributed by atoms with E-state index in [2.05, 4.69) is 10.3 Å². The number of aliphatic carboxylic acids is 1. The van der Waals surface area contributed by atoms with E-state index >= 15 is 0 Å². The molecule has 0 radical (unpaired) electrons. The summed E-state index contributed by atoms with van der Waals surface area (Å²) in [7, 11) is -3.61. The van der Waals surface area contributed by atoms with Gasteiger partial charge in [-0.3, -0.25) is 9.59 Å². The predicted molar refractivity (Wildman–Crippen MR) is 129 cm³/mol. The van der Waals surface area contributed by atoms with Gasteiger partial charge in [0, 0.05) is 23.8 Å². The number of sulfone groups is 1. The summed E-state index contributed by atoms with van der Waals surface area (Å²) in [4.78, 5) is 30.8. The number of carbonyl (C=O) groups excluding carboxylic acids is 1. The molecule has 178 valence electrons. The van der Waals surface area contributed by atoms with Crippen LogP contribution in [0.5, 0.6) is 0 Å². The van der Waals surface area contributed by atoms with E-state index in [4.69, 9.17) is 5.73 Å². The molecule has 10 heteroatoms. The monoisotopic (exact) mass is 482 g/mol. The van der Waals surface area contributed by atoms with Crippen LogP contribution in [-0.2, 0) is 19.4 Å². The molecular formula is C24H26N4O5S. The van der Waals surface area contributed by atoms with Crippen molar-refractivity contribution in [1.29, 1.82) is 0 Å². The van der Waals surface area contributed by atoms with Crippen molar-refractivity contribution in [1.82, 2.24) is 9.88 Å². The summed E-state index contributed by atoms with van der Waals surface area (Å²) in [5.41, 5.74) is 6.93. The first-order valence-electron chi connectivity index (χ1n) is 10.9. The zero-order chi connectivity index (χ0) is 24.5. The van der Waals surface area contributed by atoms with Gasteiger partial charge in [0.1, 0.15) is 5.82 Å². The van der Waals surface area contributed by atoms with Crippen LogP contribution in [0.15, 0.2) is 59.6 Å². The Labute approximate surface area is 197 Å². The third kappa shape index (κ3) is 4.41. The summed E-state index contributed by atoms with van der Waals surface area (Å²) in [6.07, 6.45) is 1.85. The molecule has 2 heterocycles. The van der Waals surface area contributed by atoms with Crippen LogP contribution in [0.25, 0.3) is 10.8 Å². The Morgan fingerprint density at radius 3 is 2.71 bits per heavy atom. The van der Waals surface area contributed by atoms with Gasteiger partial charge < -0.3 is 21.1 Å². The van der Waals surface area contributed by atoms with Crippen LogP contribution in [0.2, 0.25) is 0 Å². The van der Waals surface area contributed by atoms with Gasteiger partial charge in [0.25, 0.3) is 0 Å². The zero-order valence-electron chi connectivity index (χ0n) is 18.6. The molecule has 1 saturated heterocycles. The lowest BCUT2D eigenvalue weighted by atomic mass is 9.93. The average molecular weight is 483 g/mol. The number of hydrogen-bond donors (Lipinski definition) is 3. The number of hydrogen-bond acceptors (Lipinski definition) is 7. The number of anilines is 2. The number of rotatable bonds is 7. The molecule has 2 atom stereocenters. The van der Waals surface area contributed by atoms with Gasteiger partial charge >= 0.3 is 5.97 Å². The van der Waals surface area contributed by atoms with Crippen molar-refractivity contribution >= 4 is 44.0 Å². The highest BCUT2D eigenvalue weighted by molar-refractivity contribution is 7.91. The maximum Gasteiger partial charge on any atom is 0.309 e. The van der Waals surface area contributed by atoms with Crippen LogP contribution in [0.3, 0.4) is 0 Å². The molecule has 1 aromatic heterocycles. The van der Waals surface area contributed by atoms with E-state index in [1.165, 1.54) is 17.9 Å². The minimum absolute atomic E-state index is 0.0714. The quantitative estimate of drug-likeness (QED) is 0.466. The number of nitrogens with one attached hydrogen (secondary N) is 1. The van der Waals surface area contributed by atoms with E-state index < -0.39 is 27.8 Å². The number of likely N-dealkylation sites (tertiary alicyclic amines) is 1. The van der Waals surface area contributed by atoms with Crippen molar-refractivity contribution in [2.24, 2.45) is 5.92 Å². The minimum atomic E-state index is -3.61. The van der Waals surface area contributed by atoms with E-state index in [1.807, 2.05) is 18.2 Å². The molecular weight excluding hydrogens is 456 g/mol. The number of carboxylic acid groups (broad SMARTS) is 1. The molecule has 0 aliphatic carbocycles. The number of amides is 1. The Hall–Kier alpha value is -3.66. The average Bonchev–Trinajstić information content (AvgIpc) is 3.28. The molecule has 0 spiro atoms. The fourth-order valence-electron chi connectivity index (χ4n) is 4.47. The largest absolute Gasteiger partial charge is 0.481 e. The van der Waals surface area contributed by atoms with Crippen molar-refractivity contribution < 1.29 is 23.1 Å². The van der Waals surface area contributed by atoms with Gasteiger partial charge in [0.15, 0.2) is 9.84 Å². The summed E-state index contributed by atoms with van der Waals surface area (Å²) in [6, 6.07) is 12.7. The predicted octanol–water partition coefficient (Wildman–Crippen LogP) is 2.70. The number of nitrogens with two attached hydrogens (primary N) is 1. The summed E-state index contributed by atoms with van der Waals surface area (Å²) >= 11 is 0. The second-order valence-corrected chi connectivity index (χ2v) is 10.4. The summed E-state index contributed by atoms with van der Waals surface area (Å²) in [5, 5.41) is 14.6. The molecule has 1 aliphatic heterocycles. The first-order chi connectivity index (χ1) is 16.2. The highest BCUT2D eigenvalue weighted by Gasteiger charge is 2.43. The molecule has 1 amide bonds. The fraction of sp³-hybridized carbons (Fsp3) is 0.292. The number of nitrogens with zero attached hydrogens (tertiary/aromatic N) is 2. The van der Waals surface area contributed by atoms with Gasteiger partial charge in [-0.15, -0.1) is 0 Å². The molecule has 0 bridgehead atoms. The van der Waals surface area contributed by atoms with Crippen molar-refractivity contribution in [3.8, 4) is 0 Å². The van der Waals surface area contributed by atoms with Crippen LogP contribution >= 0.6 is 0 Å². The second-order valence-electron chi connectivity index (χ2n) is 8.19. The smallest absolute Gasteiger partial charge is 0.309 e. The minimum Gasteiger partial charge on any atom is -0.481 e. The summed E-state index contributed by atoms with van der Waals surface area (Å²) in [5.74, 6) is -1.97. The molecule has 3 aromatic rings. The normalized spacial score (nSPS) is 18.2. The van der Waals surface area contributed by atoms with Gasteiger partial charge in [-0.25, -0.2) is 13.4 Å². The van der Waals surface area contributed by atoms with Gasteiger partial charge in [-0.05, 0) is 47.7 Å². The van der Waals surface area contributed by atoms with E-state index in [0.717, 1.165) is 10.8 Å². The van der Waals surface area contributed by atoms with Crippen molar-refractivity contribution in [2.75, 3.05) is 29.9 Å². The molecule has 0 saturated carbocycles. The molecule has 1 fully saturated rings. The van der Waals surface area contributed by atoms with Crippen LogP contribution in [-0.4, -0.2) is 54.1 Å². The van der Waals surface area contributed by atoms with E-state index in [0.29, 0.717) is 17.1 Å². The maximum absolute atomic E-state index is 13.2. The third-order valence-electron chi connectivity index (χ3n) is 6.23. The molecule has 2 aromatic carbocycles. The Bertz CT molecular complexity index is 1360. The van der Waals surface area contributed by atoms with E-state index in [1.54, 1.807) is 30.5 Å². The summed E-state index contributed by atoms with van der Waals surface area (Å²) in [6.45, 7) is 1.69. The first kappa shape index (κ1) is 23.5. The number of nitrogen functional groups attached to an aromatic ring is 1. The van der Waals surface area contributed by atoms with Crippen LogP contribution in [0, 0.1) is 5.92 Å². The number of pyridine rings is 1. The SMILES string of the molecule is CCS(=O)(=O)c1ccccc1[C@H]1[C@@H](C(=O)O)CCN1C(=O)CNc1ccc2c(N)nccc2c1. The lowest BCUT2D eigenvalue weighted by molar-refractivity contribution is -0.143. The Balaban J connectivity index is 1.61. The standard InChI is InChI=1S/C24H26N4O5S/c1-2-34(32,33)20-6-4-3-5-18(20)22-19(24(30)31)10-12-28(22)21(29)14-27-16-7-8-17-15(13-16)9-11-26-23(17)25/h3-9,11,13,19,22,27H,2,10,12,14H2,1H3,(H2,25,26)(H,30,31)/t19-,22-/m0/s1. The Morgan fingerprint density at radius 1 is 1.21 bits per heavy atom. The molecule has 34 heavy (non-hydrogen) atoms. The Morgan fingerprint density at radius 2 is 1.97 bits per heavy atom. The van der Waals surface area contributed by atoms with Crippen LogP contribution in [0.4, 0.5) is 11.5 Å². The van der Waals surface area contributed by atoms with Gasteiger partial charge in [0.2, 0.25) is 5.91 Å². The summed E-state index contributed by atoms with van der Waals surface area (Å²) < 4.78 is 25.4. The van der Waals surface area contributed by atoms with Crippen LogP contribution in [0.1, 0.15) is 24.9 Å². The molecule has 4 rings (SSSR count). The number of carbonyl (C=O) groups is 2. The van der Waals surface area contributed by atoms with E-state index in [9.17, 15) is 23.1 Å². The van der Waals surface area contributed by atoms with Crippen molar-refractivity contribution in [3.05, 3.63) is 60.3 Å². The maximum atomic E-state index is 13.2. The third-order valence-corrected chi connectivity index (χ3v) is 8.03. The van der Waals surface area contributed by atoms with Crippen LogP contribution < -0.4 is 11.1 Å². The number of fused-ring (bicyclic) bond motifs is 1. The van der Waals surface area contributed by atoms with Gasteiger partial charge in [-0.2, -0.15) is 0 Å². The number of benzene rings is 2. The van der Waals surface area contributed by atoms with Gasteiger partial charge in [0.05, 0.1) is 29.2 Å². The lowest BCUT2D eigenvalue weighted by Crippen LogP contribution is -2.37. The fourth-order valence-corrected chi connectivity index (χ4v) is 5.61. The van der Waals surface area contributed by atoms with Crippen molar-refractivity contribution in [2.45, 2.75) is 24.3 Å².